The molecule has 0 aromatic heterocycles. The molecule has 5 rings (SSSR count). The van der Waals surface area contributed by atoms with Crippen LogP contribution in [0.2, 0.25) is 10.0 Å². The summed E-state index contributed by atoms with van der Waals surface area (Å²) in [4.78, 5) is 15.0. The van der Waals surface area contributed by atoms with Crippen molar-refractivity contribution in [2.24, 2.45) is 0 Å². The molecule has 4 nitrogen and oxygen atoms in total. The van der Waals surface area contributed by atoms with E-state index in [9.17, 15) is 4.79 Å². The summed E-state index contributed by atoms with van der Waals surface area (Å²) in [7, 11) is 0. The molecule has 0 radical (unpaired) electrons. The van der Waals surface area contributed by atoms with Gasteiger partial charge in [-0.2, -0.15) is 0 Å². The van der Waals surface area contributed by atoms with E-state index in [2.05, 4.69) is 4.90 Å². The number of ketones is 1. The molecule has 2 heterocycles. The molecule has 0 aliphatic carbocycles. The van der Waals surface area contributed by atoms with Crippen LogP contribution in [0, 0.1) is 0 Å². The molecule has 0 N–H and O–H groups in total. The van der Waals surface area contributed by atoms with Gasteiger partial charge in [-0.25, -0.2) is 0 Å². The number of halogens is 2. The molecule has 30 heavy (non-hydrogen) atoms. The first-order valence-corrected chi connectivity index (χ1v) is 10.3. The maximum Gasteiger partial charge on any atom is 0.231 e. The maximum absolute atomic E-state index is 12.9. The van der Waals surface area contributed by atoms with Crippen LogP contribution in [-0.2, 0) is 13.1 Å². The zero-order chi connectivity index (χ0) is 20.7. The average molecular weight is 438 g/mol. The Morgan fingerprint density at radius 2 is 1.87 bits per heavy atom. The first-order valence-electron chi connectivity index (χ1n) is 9.53. The third kappa shape index (κ3) is 3.58. The molecule has 0 fully saturated rings. The Kier molecular flexibility index (Phi) is 4.99. The number of carbonyl (C=O) groups excluding carboxylic acids is 1. The zero-order valence-electron chi connectivity index (χ0n) is 15.9. The first kappa shape index (κ1) is 19.2. The largest absolute Gasteiger partial charge is 0.478 e. The average Bonchev–Trinajstić information content (AvgIpc) is 3.07. The Balaban J connectivity index is 1.43. The van der Waals surface area contributed by atoms with E-state index in [1.165, 1.54) is 0 Å². The molecule has 3 aromatic rings. The highest BCUT2D eigenvalue weighted by atomic mass is 35.5. The van der Waals surface area contributed by atoms with Crippen molar-refractivity contribution in [1.29, 1.82) is 0 Å². The van der Waals surface area contributed by atoms with E-state index < -0.39 is 0 Å². The van der Waals surface area contributed by atoms with Gasteiger partial charge in [-0.1, -0.05) is 59.6 Å². The lowest BCUT2D eigenvalue weighted by Gasteiger charge is -2.30. The van der Waals surface area contributed by atoms with Crippen LogP contribution >= 0.6 is 23.2 Å². The first-order chi connectivity index (χ1) is 14.6. The SMILES string of the molecule is O=C1/C(=C/c2ccccc2)Oc2c1ccc1c2CN(Cc2ccc(Cl)cc2Cl)CO1. The number of carbonyl (C=O) groups is 1. The highest BCUT2D eigenvalue weighted by Crippen LogP contribution is 2.42. The minimum absolute atomic E-state index is 0.116. The van der Waals surface area contributed by atoms with Crippen molar-refractivity contribution in [3.05, 3.63) is 98.7 Å². The highest BCUT2D eigenvalue weighted by molar-refractivity contribution is 6.35. The van der Waals surface area contributed by atoms with E-state index in [1.54, 1.807) is 18.2 Å². The van der Waals surface area contributed by atoms with Crippen LogP contribution in [-0.4, -0.2) is 17.4 Å². The molecule has 2 aliphatic rings. The summed E-state index contributed by atoms with van der Waals surface area (Å²) in [6.07, 6.45) is 1.77. The second kappa shape index (κ2) is 7.80. The van der Waals surface area contributed by atoms with Crippen LogP contribution in [0.5, 0.6) is 11.5 Å². The van der Waals surface area contributed by atoms with E-state index in [0.717, 1.165) is 22.4 Å². The molecule has 0 saturated heterocycles. The third-order valence-electron chi connectivity index (χ3n) is 5.19. The number of ether oxygens (including phenoxy) is 2. The Hall–Kier alpha value is -2.79. The van der Waals surface area contributed by atoms with Gasteiger partial charge in [0.15, 0.2) is 5.76 Å². The molecule has 0 atom stereocenters. The Labute approximate surface area is 184 Å². The van der Waals surface area contributed by atoms with E-state index in [-0.39, 0.29) is 5.78 Å². The molecule has 0 saturated carbocycles. The van der Waals surface area contributed by atoms with Crippen LogP contribution in [0.1, 0.15) is 27.0 Å². The lowest BCUT2D eigenvalue weighted by Crippen LogP contribution is -2.31. The lowest BCUT2D eigenvalue weighted by atomic mass is 10.0. The van der Waals surface area contributed by atoms with Gasteiger partial charge in [-0.15, -0.1) is 0 Å². The fraction of sp³-hybridized carbons (Fsp3) is 0.125. The summed E-state index contributed by atoms with van der Waals surface area (Å²) in [5.41, 5.74) is 3.31. The van der Waals surface area contributed by atoms with Gasteiger partial charge in [-0.3, -0.25) is 9.69 Å². The summed E-state index contributed by atoms with van der Waals surface area (Å²) in [6, 6.07) is 18.7. The van der Waals surface area contributed by atoms with E-state index in [4.69, 9.17) is 32.7 Å². The number of hydrogen-bond donors (Lipinski definition) is 0. The minimum Gasteiger partial charge on any atom is -0.478 e. The van der Waals surface area contributed by atoms with Gasteiger partial charge in [0.25, 0.3) is 0 Å². The summed E-state index contributed by atoms with van der Waals surface area (Å²) >= 11 is 12.3. The highest BCUT2D eigenvalue weighted by Gasteiger charge is 2.33. The number of Topliss-reactive ketones (excluding diaryl/α,β-unsaturated/α-hetero) is 1. The smallest absolute Gasteiger partial charge is 0.231 e. The molecule has 0 spiro atoms. The van der Waals surface area contributed by atoms with Crippen LogP contribution in [0.25, 0.3) is 6.08 Å². The molecule has 3 aromatic carbocycles. The topological polar surface area (TPSA) is 38.8 Å². The van der Waals surface area contributed by atoms with Gasteiger partial charge < -0.3 is 9.47 Å². The van der Waals surface area contributed by atoms with Crippen molar-refractivity contribution in [2.45, 2.75) is 13.1 Å². The normalized spacial score (nSPS) is 16.7. The quantitative estimate of drug-likeness (QED) is 0.473. The molecule has 0 bridgehead atoms. The van der Waals surface area contributed by atoms with Crippen molar-refractivity contribution >= 4 is 35.1 Å². The second-order valence-corrected chi connectivity index (χ2v) is 8.11. The van der Waals surface area contributed by atoms with Crippen LogP contribution in [0.4, 0.5) is 0 Å². The van der Waals surface area contributed by atoms with E-state index in [1.807, 2.05) is 48.5 Å². The van der Waals surface area contributed by atoms with Crippen LogP contribution < -0.4 is 9.47 Å². The monoisotopic (exact) mass is 437 g/mol. The maximum atomic E-state index is 12.9. The van der Waals surface area contributed by atoms with Gasteiger partial charge in [0.2, 0.25) is 5.78 Å². The van der Waals surface area contributed by atoms with Gasteiger partial charge >= 0.3 is 0 Å². The van der Waals surface area contributed by atoms with E-state index in [0.29, 0.717) is 46.9 Å². The third-order valence-corrected chi connectivity index (χ3v) is 5.78. The van der Waals surface area contributed by atoms with Gasteiger partial charge in [0.05, 0.1) is 11.1 Å². The Morgan fingerprint density at radius 1 is 1.03 bits per heavy atom. The summed E-state index contributed by atoms with van der Waals surface area (Å²) < 4.78 is 12.0. The molecule has 0 unspecified atom stereocenters. The standard InChI is InChI=1S/C24H17Cl2NO3/c25-17-7-6-16(20(26)11-17)12-27-13-19-21(29-14-27)9-8-18-23(28)22(30-24(18)19)10-15-4-2-1-3-5-15/h1-11H,12-14H2/b22-10-. The van der Waals surface area contributed by atoms with Crippen molar-refractivity contribution in [1.82, 2.24) is 4.90 Å². The predicted octanol–water partition coefficient (Wildman–Crippen LogP) is 5.96. The summed E-state index contributed by atoms with van der Waals surface area (Å²) in [5.74, 6) is 1.52. The van der Waals surface area contributed by atoms with Crippen molar-refractivity contribution in [3.63, 3.8) is 0 Å². The minimum atomic E-state index is -0.116. The molecule has 150 valence electrons. The van der Waals surface area contributed by atoms with Crippen LogP contribution in [0.15, 0.2) is 66.4 Å². The number of rotatable bonds is 3. The van der Waals surface area contributed by atoms with Gasteiger partial charge in [0, 0.05) is 23.1 Å². The molecular weight excluding hydrogens is 421 g/mol. The van der Waals surface area contributed by atoms with E-state index >= 15 is 0 Å². The lowest BCUT2D eigenvalue weighted by molar-refractivity contribution is 0.0873. The Morgan fingerprint density at radius 3 is 2.67 bits per heavy atom. The van der Waals surface area contributed by atoms with Gasteiger partial charge in [0.1, 0.15) is 18.2 Å². The molecule has 6 heteroatoms. The zero-order valence-corrected chi connectivity index (χ0v) is 17.4. The Bertz CT molecular complexity index is 1170. The summed E-state index contributed by atoms with van der Waals surface area (Å²) in [5, 5.41) is 1.22. The van der Waals surface area contributed by atoms with Crippen LogP contribution in [0.3, 0.4) is 0 Å². The number of benzene rings is 3. The fourth-order valence-corrected chi connectivity index (χ4v) is 4.17. The number of fused-ring (bicyclic) bond motifs is 3. The fourth-order valence-electron chi connectivity index (χ4n) is 3.70. The second-order valence-electron chi connectivity index (χ2n) is 7.27. The molecule has 2 aliphatic heterocycles. The van der Waals surface area contributed by atoms with Crippen molar-refractivity contribution in [2.75, 3.05) is 6.73 Å². The summed E-state index contributed by atoms with van der Waals surface area (Å²) in [6.45, 7) is 1.61. The number of allylic oxidation sites excluding steroid dienone is 1. The molecule has 0 amide bonds. The number of nitrogens with zero attached hydrogens (tertiary/aromatic N) is 1. The van der Waals surface area contributed by atoms with Crippen molar-refractivity contribution < 1.29 is 14.3 Å². The van der Waals surface area contributed by atoms with Gasteiger partial charge in [-0.05, 0) is 41.5 Å². The predicted molar refractivity (Wildman–Crippen MR) is 117 cm³/mol. The number of hydrogen-bond acceptors (Lipinski definition) is 4. The molecular formula is C24H17Cl2NO3. The van der Waals surface area contributed by atoms with Crippen molar-refractivity contribution in [3.8, 4) is 11.5 Å².